The van der Waals surface area contributed by atoms with Crippen molar-refractivity contribution in [2.24, 2.45) is 5.73 Å². The van der Waals surface area contributed by atoms with Crippen LogP contribution in [0.1, 0.15) is 5.56 Å². The molecule has 0 bridgehead atoms. The van der Waals surface area contributed by atoms with Crippen LogP contribution in [0.15, 0.2) is 54.6 Å². The van der Waals surface area contributed by atoms with Crippen LogP contribution in [-0.2, 0) is 16.0 Å². The normalized spacial score (nSPS) is 10.5. The van der Waals surface area contributed by atoms with E-state index < -0.39 is 5.97 Å². The number of hydrogen-bond donors (Lipinski definition) is 1. The molecule has 3 aromatic rings. The second-order valence-corrected chi connectivity index (χ2v) is 5.27. The maximum atomic E-state index is 11.5. The fourth-order valence-corrected chi connectivity index (χ4v) is 2.54. The largest absolute Gasteiger partial charge is 0.406 e. The number of nitrogens with zero attached hydrogens (tertiary/aromatic N) is 1. The molecule has 0 aliphatic carbocycles. The van der Waals surface area contributed by atoms with Crippen LogP contribution in [0.25, 0.3) is 22.0 Å². The van der Waals surface area contributed by atoms with E-state index in [1.54, 1.807) is 6.07 Å². The van der Waals surface area contributed by atoms with Gasteiger partial charge >= 0.3 is 5.97 Å². The summed E-state index contributed by atoms with van der Waals surface area (Å²) >= 11 is 0. The molecule has 2 N–H and O–H groups in total. The lowest BCUT2D eigenvalue weighted by Crippen LogP contribution is -2.20. The molecule has 5 nitrogen and oxygen atoms in total. The van der Waals surface area contributed by atoms with E-state index in [1.807, 2.05) is 48.5 Å². The van der Waals surface area contributed by atoms with Crippen molar-refractivity contribution in [1.29, 1.82) is 0 Å². The number of carbonyl (C=O) groups excluding carboxylic acids is 2. The second kappa shape index (κ2) is 7.02. The highest BCUT2D eigenvalue weighted by molar-refractivity contribution is 5.96. The Morgan fingerprint density at radius 3 is 2.62 bits per heavy atom. The van der Waals surface area contributed by atoms with Crippen LogP contribution in [0.5, 0.6) is 5.88 Å². The molecule has 0 radical (unpaired) electrons. The number of pyridine rings is 1. The zero-order chi connectivity index (χ0) is 16.9. The minimum Gasteiger partial charge on any atom is -0.406 e. The van der Waals surface area contributed by atoms with Gasteiger partial charge in [-0.15, -0.1) is 0 Å². The zero-order valence-corrected chi connectivity index (χ0v) is 12.9. The van der Waals surface area contributed by atoms with Gasteiger partial charge in [-0.1, -0.05) is 36.4 Å². The predicted molar refractivity (Wildman–Crippen MR) is 91.6 cm³/mol. The first kappa shape index (κ1) is 15.8. The lowest BCUT2D eigenvalue weighted by molar-refractivity contribution is -0.133. The molecule has 0 saturated carbocycles. The van der Waals surface area contributed by atoms with Gasteiger partial charge in [0, 0.05) is 17.9 Å². The van der Waals surface area contributed by atoms with Crippen molar-refractivity contribution in [2.75, 3.05) is 6.54 Å². The van der Waals surface area contributed by atoms with Gasteiger partial charge in [-0.3, -0.25) is 4.79 Å². The Morgan fingerprint density at radius 1 is 1.12 bits per heavy atom. The molecule has 1 heterocycles. The van der Waals surface area contributed by atoms with Crippen molar-refractivity contribution in [2.45, 2.75) is 6.42 Å². The molecule has 1 aromatic heterocycles. The van der Waals surface area contributed by atoms with Gasteiger partial charge in [0.2, 0.25) is 5.88 Å². The topological polar surface area (TPSA) is 82.3 Å². The minimum atomic E-state index is -0.543. The van der Waals surface area contributed by atoms with Gasteiger partial charge in [-0.05, 0) is 28.8 Å². The summed E-state index contributed by atoms with van der Waals surface area (Å²) in [6, 6.07) is 17.0. The third kappa shape index (κ3) is 3.31. The molecular weight excluding hydrogens is 304 g/mol. The lowest BCUT2D eigenvalue weighted by Gasteiger charge is -2.11. The summed E-state index contributed by atoms with van der Waals surface area (Å²) in [7, 11) is 0. The highest BCUT2D eigenvalue weighted by atomic mass is 16.5. The molecule has 24 heavy (non-hydrogen) atoms. The second-order valence-electron chi connectivity index (χ2n) is 5.27. The van der Waals surface area contributed by atoms with E-state index in [4.69, 9.17) is 10.5 Å². The fraction of sp³-hybridized carbons (Fsp3) is 0.105. The number of rotatable bonds is 5. The molecule has 2 aromatic carbocycles. The maximum Gasteiger partial charge on any atom is 0.326 e. The number of aldehydes is 1. The predicted octanol–water partition coefficient (Wildman–Crippen LogP) is 2.51. The van der Waals surface area contributed by atoms with Crippen LogP contribution in [-0.4, -0.2) is 23.8 Å². The van der Waals surface area contributed by atoms with Crippen LogP contribution < -0.4 is 10.5 Å². The van der Waals surface area contributed by atoms with Crippen LogP contribution in [0.4, 0.5) is 0 Å². The average molecular weight is 320 g/mol. The van der Waals surface area contributed by atoms with Gasteiger partial charge < -0.3 is 15.3 Å². The first-order valence-corrected chi connectivity index (χ1v) is 7.54. The minimum absolute atomic E-state index is 0.208. The molecule has 5 heteroatoms. The molecule has 0 fully saturated rings. The van der Waals surface area contributed by atoms with E-state index in [2.05, 4.69) is 4.98 Å². The average Bonchev–Trinajstić information content (AvgIpc) is 2.62. The summed E-state index contributed by atoms with van der Waals surface area (Å²) in [5, 5.41) is 0.896. The van der Waals surface area contributed by atoms with E-state index >= 15 is 0 Å². The summed E-state index contributed by atoms with van der Waals surface area (Å²) in [5.41, 5.74) is 8.74. The Kier molecular flexibility index (Phi) is 4.63. The van der Waals surface area contributed by atoms with Crippen molar-refractivity contribution in [3.63, 3.8) is 0 Å². The van der Waals surface area contributed by atoms with Crippen LogP contribution >= 0.6 is 0 Å². The molecule has 120 valence electrons. The van der Waals surface area contributed by atoms with Gasteiger partial charge in [0.1, 0.15) is 6.29 Å². The Hall–Kier alpha value is -3.05. The Labute approximate surface area is 139 Å². The number of benzene rings is 2. The highest BCUT2D eigenvalue weighted by Crippen LogP contribution is 2.31. The molecule has 0 unspecified atom stereocenters. The Balaban J connectivity index is 2.20. The number of ether oxygens (including phenoxy) is 1. The first-order valence-electron chi connectivity index (χ1n) is 7.54. The van der Waals surface area contributed by atoms with Crippen molar-refractivity contribution in [3.05, 3.63) is 60.2 Å². The molecule has 0 aliphatic rings. The van der Waals surface area contributed by atoms with E-state index in [9.17, 15) is 9.59 Å². The molecule has 3 rings (SSSR count). The van der Waals surface area contributed by atoms with Gasteiger partial charge in [-0.2, -0.15) is 0 Å². The number of nitrogens with two attached hydrogens (primary N) is 1. The van der Waals surface area contributed by atoms with E-state index in [-0.39, 0.29) is 12.4 Å². The van der Waals surface area contributed by atoms with Crippen molar-refractivity contribution in [1.82, 2.24) is 4.98 Å². The van der Waals surface area contributed by atoms with E-state index in [1.165, 1.54) is 0 Å². The van der Waals surface area contributed by atoms with E-state index in [0.717, 1.165) is 28.4 Å². The summed E-state index contributed by atoms with van der Waals surface area (Å²) in [6.07, 6.45) is 1.21. The number of fused-ring (bicyclic) bond motifs is 1. The number of aromatic nitrogens is 1. The van der Waals surface area contributed by atoms with E-state index in [0.29, 0.717) is 11.9 Å². The Bertz CT molecular complexity index is 892. The van der Waals surface area contributed by atoms with Gasteiger partial charge in [0.05, 0.1) is 12.1 Å². The van der Waals surface area contributed by atoms with Crippen molar-refractivity contribution < 1.29 is 14.3 Å². The van der Waals surface area contributed by atoms with Crippen molar-refractivity contribution in [3.8, 4) is 17.0 Å². The number of hydrogen-bond acceptors (Lipinski definition) is 5. The monoisotopic (exact) mass is 320 g/mol. The standard InChI is InChI=1S/C19H16N2O3/c20-12-19(23)24-18-11-15(14-4-2-1-3-5-14)16-10-13(8-9-22)6-7-17(16)21-18/h1-7,9-11H,8,12,20H2. The number of carbonyl (C=O) groups is 2. The summed E-state index contributed by atoms with van der Waals surface area (Å²) < 4.78 is 5.18. The third-order valence-corrected chi connectivity index (χ3v) is 3.64. The zero-order valence-electron chi connectivity index (χ0n) is 12.9. The number of esters is 1. The fourth-order valence-electron chi connectivity index (χ4n) is 2.54. The lowest BCUT2D eigenvalue weighted by atomic mass is 9.99. The SMILES string of the molecule is NCC(=O)Oc1cc(-c2ccccc2)c2cc(CC=O)ccc2n1. The van der Waals surface area contributed by atoms with Crippen LogP contribution in [0, 0.1) is 0 Å². The third-order valence-electron chi connectivity index (χ3n) is 3.64. The maximum absolute atomic E-state index is 11.5. The Morgan fingerprint density at radius 2 is 1.92 bits per heavy atom. The molecule has 0 saturated heterocycles. The summed E-state index contributed by atoms with van der Waals surface area (Å²) in [5.74, 6) is -0.335. The van der Waals surface area contributed by atoms with Gasteiger partial charge in [-0.25, -0.2) is 4.98 Å². The van der Waals surface area contributed by atoms with Crippen molar-refractivity contribution >= 4 is 23.2 Å². The van der Waals surface area contributed by atoms with Crippen LogP contribution in [0.3, 0.4) is 0 Å². The quantitative estimate of drug-likeness (QED) is 0.577. The summed E-state index contributed by atoms with van der Waals surface area (Å²) in [6.45, 7) is -0.210. The van der Waals surface area contributed by atoms with Crippen LogP contribution in [0.2, 0.25) is 0 Å². The highest BCUT2D eigenvalue weighted by Gasteiger charge is 2.11. The molecule has 0 aliphatic heterocycles. The molecular formula is C19H16N2O3. The summed E-state index contributed by atoms with van der Waals surface area (Å²) in [4.78, 5) is 26.6. The first-order chi connectivity index (χ1) is 11.7. The molecule has 0 atom stereocenters. The molecule has 0 spiro atoms. The van der Waals surface area contributed by atoms with Gasteiger partial charge in [0.25, 0.3) is 0 Å². The van der Waals surface area contributed by atoms with Gasteiger partial charge in [0.15, 0.2) is 0 Å². The smallest absolute Gasteiger partial charge is 0.326 e. The molecule has 0 amide bonds.